The lowest BCUT2D eigenvalue weighted by atomic mass is 10.0. The molecule has 0 saturated carbocycles. The lowest BCUT2D eigenvalue weighted by molar-refractivity contribution is 0.157. The molecule has 0 unspecified atom stereocenters. The number of methoxy groups -OCH3 is 2. The summed E-state index contributed by atoms with van der Waals surface area (Å²) in [6, 6.07) is 16.7. The summed E-state index contributed by atoms with van der Waals surface area (Å²) < 4.78 is 16.1. The van der Waals surface area contributed by atoms with Gasteiger partial charge in [-0.15, -0.1) is 6.58 Å². The highest BCUT2D eigenvalue weighted by molar-refractivity contribution is 8.00. The Morgan fingerprint density at radius 3 is 2.11 bits per heavy atom. The zero-order chi connectivity index (χ0) is 25.3. The number of hydrogen-bond acceptors (Lipinski definition) is 5. The van der Waals surface area contributed by atoms with Gasteiger partial charge in [0.15, 0.2) is 0 Å². The smallest absolute Gasteiger partial charge is 0.321 e. The first kappa shape index (κ1) is 26.4. The molecule has 2 fully saturated rings. The monoisotopic (exact) mass is 510 g/mol. The lowest BCUT2D eigenvalue weighted by Crippen LogP contribution is -2.40. The number of nitrogens with zero attached hydrogens (tertiary/aromatic N) is 2. The van der Waals surface area contributed by atoms with Crippen LogP contribution in [0.25, 0.3) is 0 Å². The molecule has 0 aromatic heterocycles. The standard InChI is InChI=1S/C29H38N2O4S/c1-4-17-35-18-7-5-6-8-27-28-26(21-36-27)30(19-22-9-13-24(33-2)14-10-22)29(32)31(28)20-23-11-15-25(34-3)16-12-23/h4,9-16,26-28H,1,5-8,17-21H2,2-3H3/t26-,27-,28-/m0/s1. The quantitative estimate of drug-likeness (QED) is 0.184. The third-order valence-corrected chi connectivity index (χ3v) is 8.52. The van der Waals surface area contributed by atoms with E-state index in [-0.39, 0.29) is 18.1 Å². The summed E-state index contributed by atoms with van der Waals surface area (Å²) in [6.45, 7) is 6.34. The van der Waals surface area contributed by atoms with Crippen molar-refractivity contribution in [3.05, 3.63) is 72.3 Å². The molecule has 0 radical (unpaired) electrons. The van der Waals surface area contributed by atoms with E-state index >= 15 is 0 Å². The summed E-state index contributed by atoms with van der Waals surface area (Å²) in [5, 5.41) is 0.451. The summed E-state index contributed by atoms with van der Waals surface area (Å²) in [5.74, 6) is 2.65. The first-order valence-corrected chi connectivity index (χ1v) is 13.8. The molecule has 2 heterocycles. The Kier molecular flexibility index (Phi) is 9.59. The maximum absolute atomic E-state index is 13.8. The van der Waals surface area contributed by atoms with Crippen molar-refractivity contribution in [2.75, 3.05) is 33.2 Å². The molecule has 36 heavy (non-hydrogen) atoms. The highest BCUT2D eigenvalue weighted by atomic mass is 32.2. The number of amides is 2. The maximum atomic E-state index is 13.8. The molecule has 2 saturated heterocycles. The van der Waals surface area contributed by atoms with Gasteiger partial charge in [0, 0.05) is 30.7 Å². The van der Waals surface area contributed by atoms with Gasteiger partial charge in [-0.2, -0.15) is 11.8 Å². The van der Waals surface area contributed by atoms with Crippen molar-refractivity contribution in [3.8, 4) is 11.5 Å². The SMILES string of the molecule is C=CCOCCCCC[C@@H]1SC[C@H]2[C@@H]1N(Cc1ccc(OC)cc1)C(=O)N2Cc1ccc(OC)cc1. The fraction of sp³-hybridized carbons (Fsp3) is 0.483. The van der Waals surface area contributed by atoms with Gasteiger partial charge >= 0.3 is 6.03 Å². The van der Waals surface area contributed by atoms with Crippen LogP contribution in [0.1, 0.15) is 36.8 Å². The molecule has 2 amide bonds. The predicted octanol–water partition coefficient (Wildman–Crippen LogP) is 5.76. The Morgan fingerprint density at radius 1 is 0.917 bits per heavy atom. The van der Waals surface area contributed by atoms with Crippen molar-refractivity contribution in [2.24, 2.45) is 0 Å². The van der Waals surface area contributed by atoms with Crippen LogP contribution in [0.3, 0.4) is 0 Å². The molecule has 7 heteroatoms. The van der Waals surface area contributed by atoms with Gasteiger partial charge in [-0.3, -0.25) is 0 Å². The number of fused-ring (bicyclic) bond motifs is 1. The minimum atomic E-state index is 0.139. The normalized spacial score (nSPS) is 21.1. The number of carbonyl (C=O) groups is 1. The molecule has 2 aromatic carbocycles. The Bertz CT molecular complexity index is 982. The molecule has 4 rings (SSSR count). The second kappa shape index (κ2) is 13.1. The van der Waals surface area contributed by atoms with E-state index in [1.54, 1.807) is 20.3 Å². The number of carbonyl (C=O) groups excluding carboxylic acids is 1. The fourth-order valence-electron chi connectivity index (χ4n) is 5.14. The molecule has 2 aliphatic heterocycles. The number of unbranched alkanes of at least 4 members (excludes halogenated alkanes) is 2. The van der Waals surface area contributed by atoms with E-state index < -0.39 is 0 Å². The zero-order valence-electron chi connectivity index (χ0n) is 21.4. The van der Waals surface area contributed by atoms with Gasteiger partial charge in [0.2, 0.25) is 0 Å². The van der Waals surface area contributed by atoms with Crippen molar-refractivity contribution in [3.63, 3.8) is 0 Å². The zero-order valence-corrected chi connectivity index (χ0v) is 22.3. The number of thioether (sulfide) groups is 1. The molecule has 2 aliphatic rings. The molecule has 194 valence electrons. The van der Waals surface area contributed by atoms with Crippen LogP contribution in [0.15, 0.2) is 61.2 Å². The first-order valence-electron chi connectivity index (χ1n) is 12.8. The van der Waals surface area contributed by atoms with Gasteiger partial charge in [0.1, 0.15) is 11.5 Å². The molecule has 0 N–H and O–H groups in total. The molecular weight excluding hydrogens is 472 g/mol. The number of urea groups is 1. The maximum Gasteiger partial charge on any atom is 0.321 e. The van der Waals surface area contributed by atoms with Crippen LogP contribution < -0.4 is 9.47 Å². The lowest BCUT2D eigenvalue weighted by Gasteiger charge is -2.27. The summed E-state index contributed by atoms with van der Waals surface area (Å²) in [7, 11) is 3.34. The van der Waals surface area contributed by atoms with E-state index in [4.69, 9.17) is 14.2 Å². The van der Waals surface area contributed by atoms with E-state index in [0.29, 0.717) is 24.9 Å². The minimum absolute atomic E-state index is 0.139. The van der Waals surface area contributed by atoms with E-state index in [9.17, 15) is 4.79 Å². The Morgan fingerprint density at radius 2 is 1.53 bits per heavy atom. The molecule has 0 aliphatic carbocycles. The number of ether oxygens (including phenoxy) is 3. The van der Waals surface area contributed by atoms with Crippen molar-refractivity contribution >= 4 is 17.8 Å². The van der Waals surface area contributed by atoms with Gasteiger partial charge in [0.25, 0.3) is 0 Å². The van der Waals surface area contributed by atoms with Gasteiger partial charge in [-0.25, -0.2) is 4.79 Å². The average Bonchev–Trinajstić information content (AvgIpc) is 3.43. The van der Waals surface area contributed by atoms with Crippen molar-refractivity contribution in [1.29, 1.82) is 0 Å². The van der Waals surface area contributed by atoms with Crippen molar-refractivity contribution in [1.82, 2.24) is 9.80 Å². The van der Waals surface area contributed by atoms with Crippen LogP contribution in [0.5, 0.6) is 11.5 Å². The van der Waals surface area contributed by atoms with Crippen molar-refractivity contribution < 1.29 is 19.0 Å². The fourth-order valence-corrected chi connectivity index (χ4v) is 6.82. The molecule has 0 bridgehead atoms. The molecule has 2 aromatic rings. The summed E-state index contributed by atoms with van der Waals surface area (Å²) in [6.07, 6.45) is 6.28. The number of rotatable bonds is 14. The largest absolute Gasteiger partial charge is 0.497 e. The highest BCUT2D eigenvalue weighted by Gasteiger charge is 2.52. The molecule has 0 spiro atoms. The first-order chi connectivity index (χ1) is 17.6. The van der Waals surface area contributed by atoms with E-state index in [1.165, 1.54) is 0 Å². The highest BCUT2D eigenvalue weighted by Crippen LogP contribution is 2.43. The average molecular weight is 511 g/mol. The summed E-state index contributed by atoms with van der Waals surface area (Å²) in [4.78, 5) is 18.0. The third kappa shape index (κ3) is 6.37. The van der Waals surface area contributed by atoms with Crippen LogP contribution in [0, 0.1) is 0 Å². The Balaban J connectivity index is 1.45. The van der Waals surface area contributed by atoms with E-state index in [2.05, 4.69) is 40.6 Å². The molecule has 3 atom stereocenters. The van der Waals surface area contributed by atoms with E-state index in [1.807, 2.05) is 36.0 Å². The van der Waals surface area contributed by atoms with Crippen molar-refractivity contribution in [2.45, 2.75) is 56.1 Å². The topological polar surface area (TPSA) is 51.2 Å². The molecular formula is C29H38N2O4S. The van der Waals surface area contributed by atoms with Gasteiger partial charge < -0.3 is 24.0 Å². The Labute approximate surface area is 219 Å². The van der Waals surface area contributed by atoms with Gasteiger partial charge in [0.05, 0.1) is 32.9 Å². The van der Waals surface area contributed by atoms with Crippen LogP contribution in [0.2, 0.25) is 0 Å². The third-order valence-electron chi connectivity index (χ3n) is 7.04. The summed E-state index contributed by atoms with van der Waals surface area (Å²) >= 11 is 2.03. The minimum Gasteiger partial charge on any atom is -0.497 e. The van der Waals surface area contributed by atoms with Crippen LogP contribution in [-0.2, 0) is 17.8 Å². The van der Waals surface area contributed by atoms with Gasteiger partial charge in [-0.05, 0) is 48.2 Å². The second-order valence-corrected chi connectivity index (χ2v) is 10.6. The second-order valence-electron chi connectivity index (χ2n) is 9.38. The molecule has 6 nitrogen and oxygen atoms in total. The van der Waals surface area contributed by atoms with Crippen LogP contribution in [-0.4, -0.2) is 66.4 Å². The van der Waals surface area contributed by atoms with Crippen LogP contribution >= 0.6 is 11.8 Å². The van der Waals surface area contributed by atoms with Crippen LogP contribution in [0.4, 0.5) is 4.79 Å². The number of hydrogen-bond donors (Lipinski definition) is 0. The van der Waals surface area contributed by atoms with E-state index in [0.717, 1.165) is 60.7 Å². The summed E-state index contributed by atoms with van der Waals surface area (Å²) in [5.41, 5.74) is 2.26. The van der Waals surface area contributed by atoms with Gasteiger partial charge in [-0.1, -0.05) is 43.2 Å². The Hall–Kier alpha value is -2.64. The predicted molar refractivity (Wildman–Crippen MR) is 146 cm³/mol. The number of benzene rings is 2.